The fourth-order valence-corrected chi connectivity index (χ4v) is 2.38. The third kappa shape index (κ3) is 2.76. The second-order valence-corrected chi connectivity index (χ2v) is 4.55. The molecule has 0 N–H and O–H groups in total. The molecular weight excluding hydrogens is 279 g/mol. The summed E-state index contributed by atoms with van der Waals surface area (Å²) in [6, 6.07) is 8.35. The molecule has 100 valence electrons. The Bertz CT molecular complexity index is 593. The Morgan fingerprint density at radius 3 is 2.42 bits per heavy atom. The zero-order valence-electron chi connectivity index (χ0n) is 9.69. The summed E-state index contributed by atoms with van der Waals surface area (Å²) in [5, 5.41) is 0.133. The molecule has 1 heterocycles. The lowest BCUT2D eigenvalue weighted by molar-refractivity contribution is -0.135. The molecule has 0 aliphatic rings. The van der Waals surface area contributed by atoms with E-state index < -0.39 is 22.7 Å². The number of methoxy groups -OCH3 is 1. The van der Waals surface area contributed by atoms with Crippen LogP contribution in [0.25, 0.3) is 10.6 Å². The van der Waals surface area contributed by atoms with Gasteiger partial charge in [-0.2, -0.15) is 13.2 Å². The van der Waals surface area contributed by atoms with Crippen molar-refractivity contribution in [3.8, 4) is 10.6 Å². The predicted molar refractivity (Wildman–Crippen MR) is 63.9 cm³/mol. The van der Waals surface area contributed by atoms with Gasteiger partial charge in [0.25, 0.3) is 0 Å². The van der Waals surface area contributed by atoms with Gasteiger partial charge in [-0.05, 0) is 0 Å². The molecule has 1 aromatic carbocycles. The summed E-state index contributed by atoms with van der Waals surface area (Å²) in [4.78, 5) is 14.0. The lowest BCUT2D eigenvalue weighted by Crippen LogP contribution is -2.11. The van der Waals surface area contributed by atoms with Crippen molar-refractivity contribution in [1.29, 1.82) is 0 Å². The minimum absolute atomic E-state index is 0.133. The van der Waals surface area contributed by atoms with Gasteiger partial charge in [0.05, 0.1) is 7.11 Å². The first-order valence-corrected chi connectivity index (χ1v) is 5.97. The number of aromatic nitrogens is 1. The number of benzene rings is 1. The van der Waals surface area contributed by atoms with Crippen LogP contribution in [0.5, 0.6) is 0 Å². The Morgan fingerprint density at radius 2 is 1.89 bits per heavy atom. The van der Waals surface area contributed by atoms with Gasteiger partial charge in [0.2, 0.25) is 0 Å². The van der Waals surface area contributed by atoms with Crippen LogP contribution in [-0.2, 0) is 10.9 Å². The molecule has 0 aliphatic carbocycles. The molecule has 1 aromatic heterocycles. The number of esters is 1. The third-order valence-electron chi connectivity index (χ3n) is 2.28. The van der Waals surface area contributed by atoms with Crippen molar-refractivity contribution in [2.75, 3.05) is 7.11 Å². The van der Waals surface area contributed by atoms with Crippen molar-refractivity contribution in [1.82, 2.24) is 4.98 Å². The number of rotatable bonds is 2. The van der Waals surface area contributed by atoms with Gasteiger partial charge in [-0.15, -0.1) is 11.3 Å². The van der Waals surface area contributed by atoms with Gasteiger partial charge in [0, 0.05) is 5.56 Å². The van der Waals surface area contributed by atoms with E-state index in [1.54, 1.807) is 30.3 Å². The van der Waals surface area contributed by atoms with Crippen molar-refractivity contribution in [3.05, 3.63) is 40.9 Å². The number of thiazole rings is 1. The second kappa shape index (κ2) is 5.00. The molecule has 0 bridgehead atoms. The lowest BCUT2D eigenvalue weighted by atomic mass is 10.2. The number of nitrogens with zero attached hydrogens (tertiary/aromatic N) is 1. The Labute approximate surface area is 110 Å². The van der Waals surface area contributed by atoms with E-state index in [-0.39, 0.29) is 5.01 Å². The van der Waals surface area contributed by atoms with Gasteiger partial charge in [-0.25, -0.2) is 9.78 Å². The molecule has 0 atom stereocenters. The maximum absolute atomic E-state index is 12.8. The van der Waals surface area contributed by atoms with Gasteiger partial charge in [-0.3, -0.25) is 0 Å². The quantitative estimate of drug-likeness (QED) is 0.792. The van der Waals surface area contributed by atoms with Crippen molar-refractivity contribution < 1.29 is 22.7 Å². The molecule has 2 rings (SSSR count). The summed E-state index contributed by atoms with van der Waals surface area (Å²) < 4.78 is 42.8. The first kappa shape index (κ1) is 13.5. The van der Waals surface area contributed by atoms with Gasteiger partial charge in [0.1, 0.15) is 9.88 Å². The fourth-order valence-electron chi connectivity index (χ4n) is 1.45. The highest BCUT2D eigenvalue weighted by molar-refractivity contribution is 7.15. The topological polar surface area (TPSA) is 39.2 Å². The third-order valence-corrected chi connectivity index (χ3v) is 3.43. The highest BCUT2D eigenvalue weighted by Gasteiger charge is 2.39. The largest absolute Gasteiger partial charge is 0.464 e. The van der Waals surface area contributed by atoms with E-state index >= 15 is 0 Å². The lowest BCUT2D eigenvalue weighted by Gasteiger charge is -2.03. The molecule has 0 radical (unpaired) electrons. The minimum Gasteiger partial charge on any atom is -0.464 e. The SMILES string of the molecule is COC(=O)c1nc(-c2ccccc2)sc1C(F)(F)F. The number of ether oxygens (including phenoxy) is 1. The summed E-state index contributed by atoms with van der Waals surface area (Å²) in [5.41, 5.74) is -0.174. The van der Waals surface area contributed by atoms with Crippen LogP contribution in [0.4, 0.5) is 13.2 Å². The van der Waals surface area contributed by atoms with Crippen LogP contribution in [0.1, 0.15) is 15.4 Å². The van der Waals surface area contributed by atoms with E-state index in [1.165, 1.54) is 0 Å². The first-order chi connectivity index (χ1) is 8.93. The summed E-state index contributed by atoms with van der Waals surface area (Å²) in [7, 11) is 1.02. The smallest absolute Gasteiger partial charge is 0.428 e. The van der Waals surface area contributed by atoms with E-state index in [0.717, 1.165) is 7.11 Å². The van der Waals surface area contributed by atoms with Crippen molar-refractivity contribution in [3.63, 3.8) is 0 Å². The number of carbonyl (C=O) groups is 1. The monoisotopic (exact) mass is 287 g/mol. The van der Waals surface area contributed by atoms with E-state index in [9.17, 15) is 18.0 Å². The summed E-state index contributed by atoms with van der Waals surface area (Å²) >= 11 is 0.426. The summed E-state index contributed by atoms with van der Waals surface area (Å²) in [5.74, 6) is -1.09. The molecule has 0 fully saturated rings. The average Bonchev–Trinajstić information content (AvgIpc) is 2.84. The molecule has 0 saturated heterocycles. The van der Waals surface area contributed by atoms with Crippen LogP contribution in [0.3, 0.4) is 0 Å². The van der Waals surface area contributed by atoms with Crippen LogP contribution >= 0.6 is 11.3 Å². The fraction of sp³-hybridized carbons (Fsp3) is 0.167. The zero-order chi connectivity index (χ0) is 14.0. The standard InChI is InChI=1S/C12H8F3NO2S/c1-18-11(17)8-9(12(13,14)15)19-10(16-8)7-5-3-2-4-6-7/h2-6H,1H3. The minimum atomic E-state index is -4.63. The van der Waals surface area contributed by atoms with Crippen molar-refractivity contribution >= 4 is 17.3 Å². The molecule has 0 aliphatic heterocycles. The van der Waals surface area contributed by atoms with E-state index in [4.69, 9.17) is 0 Å². The van der Waals surface area contributed by atoms with Gasteiger partial charge in [0.15, 0.2) is 5.69 Å². The van der Waals surface area contributed by atoms with Crippen LogP contribution < -0.4 is 0 Å². The maximum atomic E-state index is 12.8. The molecule has 7 heteroatoms. The van der Waals surface area contributed by atoms with Gasteiger partial charge in [-0.1, -0.05) is 30.3 Å². The highest BCUT2D eigenvalue weighted by atomic mass is 32.1. The van der Waals surface area contributed by atoms with Crippen molar-refractivity contribution in [2.24, 2.45) is 0 Å². The van der Waals surface area contributed by atoms with E-state index in [2.05, 4.69) is 9.72 Å². The van der Waals surface area contributed by atoms with E-state index in [0.29, 0.717) is 16.9 Å². The van der Waals surface area contributed by atoms with Crippen LogP contribution in [0.15, 0.2) is 30.3 Å². The Morgan fingerprint density at radius 1 is 1.26 bits per heavy atom. The first-order valence-electron chi connectivity index (χ1n) is 5.15. The number of hydrogen-bond acceptors (Lipinski definition) is 4. The number of hydrogen-bond donors (Lipinski definition) is 0. The molecule has 0 spiro atoms. The molecule has 0 amide bonds. The molecule has 3 nitrogen and oxygen atoms in total. The zero-order valence-corrected chi connectivity index (χ0v) is 10.5. The second-order valence-electron chi connectivity index (χ2n) is 3.55. The van der Waals surface area contributed by atoms with Crippen LogP contribution in [0.2, 0.25) is 0 Å². The Kier molecular flexibility index (Phi) is 3.57. The normalized spacial score (nSPS) is 11.4. The van der Waals surface area contributed by atoms with E-state index in [1.807, 2.05) is 0 Å². The highest BCUT2D eigenvalue weighted by Crippen LogP contribution is 2.39. The number of carbonyl (C=O) groups excluding carboxylic acids is 1. The summed E-state index contributed by atoms with van der Waals surface area (Å²) in [6.45, 7) is 0. The molecule has 0 saturated carbocycles. The molecule has 0 unspecified atom stereocenters. The Balaban J connectivity index is 2.55. The maximum Gasteiger partial charge on any atom is 0.428 e. The molecule has 2 aromatic rings. The summed E-state index contributed by atoms with van der Waals surface area (Å²) in [6.07, 6.45) is -4.63. The Hall–Kier alpha value is -1.89. The van der Waals surface area contributed by atoms with Gasteiger partial charge < -0.3 is 4.74 Å². The predicted octanol–water partition coefficient (Wildman–Crippen LogP) is 3.62. The van der Waals surface area contributed by atoms with Crippen LogP contribution in [-0.4, -0.2) is 18.1 Å². The van der Waals surface area contributed by atoms with Gasteiger partial charge >= 0.3 is 12.1 Å². The number of alkyl halides is 3. The average molecular weight is 287 g/mol. The van der Waals surface area contributed by atoms with Crippen LogP contribution in [0, 0.1) is 0 Å². The molecular formula is C12H8F3NO2S. The molecule has 19 heavy (non-hydrogen) atoms. The van der Waals surface area contributed by atoms with Crippen molar-refractivity contribution in [2.45, 2.75) is 6.18 Å². The number of halogens is 3.